The minimum Gasteiger partial charge on any atom is -0.461 e. The number of rotatable bonds is 3. The lowest BCUT2D eigenvalue weighted by molar-refractivity contribution is 0.0516. The summed E-state index contributed by atoms with van der Waals surface area (Å²) in [6, 6.07) is 0. The third kappa shape index (κ3) is 1.77. The van der Waals surface area contributed by atoms with Gasteiger partial charge in [-0.1, -0.05) is 4.49 Å². The van der Waals surface area contributed by atoms with Crippen LogP contribution in [0.1, 0.15) is 22.3 Å². The van der Waals surface area contributed by atoms with Crippen LogP contribution in [0.5, 0.6) is 0 Å². The molecule has 0 amide bonds. The average molecular weight is 188 g/mol. The van der Waals surface area contributed by atoms with Crippen molar-refractivity contribution in [3.05, 3.63) is 10.6 Å². The fraction of sp³-hybridized carbons (Fsp3) is 0.500. The Kier molecular flexibility index (Phi) is 3.12. The van der Waals surface area contributed by atoms with Gasteiger partial charge in [0.1, 0.15) is 0 Å². The van der Waals surface area contributed by atoms with Crippen LogP contribution in [0.2, 0.25) is 0 Å². The third-order valence-electron chi connectivity index (χ3n) is 1.17. The molecule has 0 aliphatic heterocycles. The van der Waals surface area contributed by atoms with E-state index < -0.39 is 5.97 Å². The highest BCUT2D eigenvalue weighted by molar-refractivity contribution is 7.05. The van der Waals surface area contributed by atoms with Crippen molar-refractivity contribution < 1.29 is 14.6 Å². The molecule has 0 unspecified atom stereocenters. The molecule has 12 heavy (non-hydrogen) atoms. The van der Waals surface area contributed by atoms with Crippen LogP contribution in [-0.2, 0) is 11.3 Å². The molecule has 0 fully saturated rings. The van der Waals surface area contributed by atoms with E-state index in [-0.39, 0.29) is 12.3 Å². The van der Waals surface area contributed by atoms with E-state index in [4.69, 9.17) is 5.11 Å². The quantitative estimate of drug-likeness (QED) is 0.686. The minimum absolute atomic E-state index is 0.115. The molecule has 0 atom stereocenters. The van der Waals surface area contributed by atoms with Crippen molar-refractivity contribution >= 4 is 17.5 Å². The first-order valence-corrected chi connectivity index (χ1v) is 4.16. The number of nitrogens with zero attached hydrogens (tertiary/aromatic N) is 2. The lowest BCUT2D eigenvalue weighted by Crippen LogP contribution is -2.07. The number of aliphatic hydroxyl groups excluding tert-OH is 1. The predicted molar refractivity (Wildman–Crippen MR) is 41.8 cm³/mol. The normalized spacial score (nSPS) is 9.83. The highest BCUT2D eigenvalue weighted by atomic mass is 32.1. The SMILES string of the molecule is CCOC(=O)c1nnsc1CO. The van der Waals surface area contributed by atoms with Gasteiger partial charge in [0.15, 0.2) is 5.69 Å². The number of hydrogen-bond acceptors (Lipinski definition) is 6. The van der Waals surface area contributed by atoms with Gasteiger partial charge in [0.25, 0.3) is 0 Å². The van der Waals surface area contributed by atoms with Gasteiger partial charge in [0, 0.05) is 0 Å². The summed E-state index contributed by atoms with van der Waals surface area (Å²) in [5, 5.41) is 12.3. The molecule has 1 aromatic rings. The van der Waals surface area contributed by atoms with Gasteiger partial charge in [-0.05, 0) is 18.5 Å². The molecule has 5 nitrogen and oxygen atoms in total. The molecule has 6 heteroatoms. The Bertz CT molecular complexity index is 274. The summed E-state index contributed by atoms with van der Waals surface area (Å²) in [6.45, 7) is 1.77. The molecule has 1 N–H and O–H groups in total. The number of aliphatic hydroxyl groups is 1. The minimum atomic E-state index is -0.532. The fourth-order valence-corrected chi connectivity index (χ4v) is 1.16. The summed E-state index contributed by atoms with van der Waals surface area (Å²) in [5.74, 6) is -0.532. The first-order chi connectivity index (χ1) is 5.79. The van der Waals surface area contributed by atoms with Crippen molar-refractivity contribution in [3.8, 4) is 0 Å². The smallest absolute Gasteiger partial charge is 0.360 e. The van der Waals surface area contributed by atoms with Crippen molar-refractivity contribution in [1.29, 1.82) is 0 Å². The second-order valence-electron chi connectivity index (χ2n) is 1.92. The Hall–Kier alpha value is -1.01. The van der Waals surface area contributed by atoms with Gasteiger partial charge < -0.3 is 9.84 Å². The number of aromatic nitrogens is 2. The maximum atomic E-state index is 11.1. The van der Waals surface area contributed by atoms with Crippen LogP contribution < -0.4 is 0 Å². The van der Waals surface area contributed by atoms with Crippen molar-refractivity contribution in [1.82, 2.24) is 9.59 Å². The molecule has 0 saturated heterocycles. The summed E-state index contributed by atoms with van der Waals surface area (Å²) in [5.41, 5.74) is 0.115. The van der Waals surface area contributed by atoms with Crippen LogP contribution in [0.3, 0.4) is 0 Å². The van der Waals surface area contributed by atoms with E-state index in [0.717, 1.165) is 11.5 Å². The van der Waals surface area contributed by atoms with Crippen molar-refractivity contribution in [2.24, 2.45) is 0 Å². The number of carbonyl (C=O) groups is 1. The van der Waals surface area contributed by atoms with E-state index in [1.54, 1.807) is 6.92 Å². The third-order valence-corrected chi connectivity index (χ3v) is 1.87. The Morgan fingerprint density at radius 3 is 3.08 bits per heavy atom. The standard InChI is InChI=1S/C6H8N2O3S/c1-2-11-6(10)5-4(3-9)12-8-7-5/h9H,2-3H2,1H3. The molecular formula is C6H8N2O3S. The van der Waals surface area contributed by atoms with E-state index >= 15 is 0 Å². The van der Waals surface area contributed by atoms with Crippen LogP contribution in [0.25, 0.3) is 0 Å². The Morgan fingerprint density at radius 1 is 1.75 bits per heavy atom. The Balaban J connectivity index is 2.79. The molecule has 0 spiro atoms. The van der Waals surface area contributed by atoms with E-state index in [1.165, 1.54) is 0 Å². The molecule has 1 heterocycles. The van der Waals surface area contributed by atoms with Gasteiger partial charge in [0.2, 0.25) is 0 Å². The lowest BCUT2D eigenvalue weighted by atomic mass is 10.4. The topological polar surface area (TPSA) is 72.3 Å². The van der Waals surface area contributed by atoms with E-state index in [0.29, 0.717) is 11.5 Å². The molecule has 66 valence electrons. The molecule has 0 aliphatic carbocycles. The maximum absolute atomic E-state index is 11.1. The summed E-state index contributed by atoms with van der Waals surface area (Å²) < 4.78 is 8.21. The van der Waals surface area contributed by atoms with Gasteiger partial charge >= 0.3 is 5.97 Å². The summed E-state index contributed by atoms with van der Waals surface area (Å²) in [4.78, 5) is 11.5. The van der Waals surface area contributed by atoms with Crippen LogP contribution >= 0.6 is 11.5 Å². The molecule has 1 aromatic heterocycles. The van der Waals surface area contributed by atoms with E-state index in [9.17, 15) is 4.79 Å². The second-order valence-corrected chi connectivity index (χ2v) is 2.76. The molecule has 0 saturated carbocycles. The van der Waals surface area contributed by atoms with Crippen LogP contribution in [0.4, 0.5) is 0 Å². The predicted octanol–water partition coefficient (Wildman–Crippen LogP) is 0.207. The summed E-state index contributed by atoms with van der Waals surface area (Å²) >= 11 is 0.992. The first-order valence-electron chi connectivity index (χ1n) is 3.38. The number of hydrogen-bond donors (Lipinski definition) is 1. The highest BCUT2D eigenvalue weighted by Crippen LogP contribution is 2.10. The second kappa shape index (κ2) is 4.13. The molecule has 0 radical (unpaired) electrons. The monoisotopic (exact) mass is 188 g/mol. The molecular weight excluding hydrogens is 180 g/mol. The van der Waals surface area contributed by atoms with Gasteiger partial charge in [-0.15, -0.1) is 5.10 Å². The number of ether oxygens (including phenoxy) is 1. The van der Waals surface area contributed by atoms with Gasteiger partial charge in [-0.3, -0.25) is 0 Å². The van der Waals surface area contributed by atoms with Crippen LogP contribution in [0, 0.1) is 0 Å². The zero-order chi connectivity index (χ0) is 8.97. The van der Waals surface area contributed by atoms with Gasteiger partial charge in [-0.2, -0.15) is 0 Å². The van der Waals surface area contributed by atoms with Gasteiger partial charge in [-0.25, -0.2) is 4.79 Å². The average Bonchev–Trinajstić information content (AvgIpc) is 2.51. The summed E-state index contributed by atoms with van der Waals surface area (Å²) in [7, 11) is 0. The lowest BCUT2D eigenvalue weighted by Gasteiger charge is -1.97. The zero-order valence-corrected chi connectivity index (χ0v) is 7.30. The molecule has 0 aromatic carbocycles. The van der Waals surface area contributed by atoms with Crippen molar-refractivity contribution in [3.63, 3.8) is 0 Å². The molecule has 0 aliphatic rings. The van der Waals surface area contributed by atoms with E-state index in [1.807, 2.05) is 0 Å². The van der Waals surface area contributed by atoms with Crippen molar-refractivity contribution in [2.75, 3.05) is 6.61 Å². The van der Waals surface area contributed by atoms with E-state index in [2.05, 4.69) is 14.3 Å². The highest BCUT2D eigenvalue weighted by Gasteiger charge is 2.16. The summed E-state index contributed by atoms with van der Waals surface area (Å²) in [6.07, 6.45) is 0. The zero-order valence-electron chi connectivity index (χ0n) is 6.48. The Morgan fingerprint density at radius 2 is 2.50 bits per heavy atom. The van der Waals surface area contributed by atoms with Crippen LogP contribution in [0.15, 0.2) is 0 Å². The van der Waals surface area contributed by atoms with Crippen LogP contribution in [-0.4, -0.2) is 27.3 Å². The largest absolute Gasteiger partial charge is 0.461 e. The number of carbonyl (C=O) groups excluding carboxylic acids is 1. The molecule has 1 rings (SSSR count). The maximum Gasteiger partial charge on any atom is 0.360 e. The fourth-order valence-electron chi connectivity index (χ4n) is 0.667. The van der Waals surface area contributed by atoms with Gasteiger partial charge in [0.05, 0.1) is 18.1 Å². The number of esters is 1. The first kappa shape index (κ1) is 9.08. The van der Waals surface area contributed by atoms with Crippen molar-refractivity contribution in [2.45, 2.75) is 13.5 Å². The molecule has 0 bridgehead atoms. The Labute approximate surface area is 73.1 Å².